The van der Waals surface area contributed by atoms with E-state index in [1.165, 1.54) is 0 Å². The summed E-state index contributed by atoms with van der Waals surface area (Å²) in [6.45, 7) is 2.58. The third-order valence-corrected chi connectivity index (χ3v) is 4.67. The van der Waals surface area contributed by atoms with Crippen molar-refractivity contribution in [2.24, 2.45) is 0 Å². The fraction of sp³-hybridized carbons (Fsp3) is 0.211. The molecule has 24 heavy (non-hydrogen) atoms. The monoisotopic (exact) mass is 359 g/mol. The van der Waals surface area contributed by atoms with Gasteiger partial charge in [-0.1, -0.05) is 36.7 Å². The van der Waals surface area contributed by atoms with Gasteiger partial charge in [0.25, 0.3) is 0 Å². The van der Waals surface area contributed by atoms with Gasteiger partial charge in [-0.3, -0.25) is 0 Å². The van der Waals surface area contributed by atoms with Crippen molar-refractivity contribution in [1.29, 1.82) is 0 Å². The summed E-state index contributed by atoms with van der Waals surface area (Å²) >= 11 is 7.98. The highest BCUT2D eigenvalue weighted by Crippen LogP contribution is 2.33. The number of ether oxygens (including phenoxy) is 2. The van der Waals surface area contributed by atoms with Crippen LogP contribution < -0.4 is 9.47 Å². The molecule has 1 aromatic heterocycles. The maximum atomic E-state index is 6.31. The highest BCUT2D eigenvalue weighted by molar-refractivity contribution is 7.99. The maximum absolute atomic E-state index is 6.31. The highest BCUT2D eigenvalue weighted by Gasteiger charge is 2.10. The molecule has 5 heteroatoms. The molecule has 0 aliphatic heterocycles. The number of nitrogens with zero attached hydrogens (tertiary/aromatic N) is 1. The summed E-state index contributed by atoms with van der Waals surface area (Å²) in [4.78, 5) is 4.64. The molecule has 0 N–H and O–H groups in total. The standard InChI is InChI=1S/C19H18ClNO2S/c1-3-24-18-11-17(15-5-4-6-16(20)19(15)21-18)23-12-13-7-9-14(22-2)10-8-13/h4-11H,3,12H2,1-2H3. The largest absolute Gasteiger partial charge is 0.497 e. The number of rotatable bonds is 6. The Labute approximate surface area is 151 Å². The Morgan fingerprint density at radius 2 is 1.92 bits per heavy atom. The number of methoxy groups -OCH3 is 1. The Morgan fingerprint density at radius 1 is 1.12 bits per heavy atom. The molecule has 0 saturated heterocycles. The molecule has 0 bridgehead atoms. The summed E-state index contributed by atoms with van der Waals surface area (Å²) < 4.78 is 11.2. The van der Waals surface area contributed by atoms with Crippen molar-refractivity contribution in [2.45, 2.75) is 18.6 Å². The first-order valence-corrected chi connectivity index (χ1v) is 9.05. The number of para-hydroxylation sites is 1. The van der Waals surface area contributed by atoms with Gasteiger partial charge < -0.3 is 9.47 Å². The average Bonchev–Trinajstić information content (AvgIpc) is 2.61. The second-order valence-electron chi connectivity index (χ2n) is 5.16. The van der Waals surface area contributed by atoms with Crippen LogP contribution in [0.4, 0.5) is 0 Å². The van der Waals surface area contributed by atoms with Gasteiger partial charge in [0.1, 0.15) is 23.1 Å². The van der Waals surface area contributed by atoms with E-state index in [1.807, 2.05) is 48.5 Å². The molecule has 2 aromatic carbocycles. The first kappa shape index (κ1) is 16.9. The molecule has 0 aliphatic rings. The number of hydrogen-bond donors (Lipinski definition) is 0. The van der Waals surface area contributed by atoms with Crippen LogP contribution in [-0.2, 0) is 6.61 Å². The number of pyridine rings is 1. The molecule has 0 unspecified atom stereocenters. The molecule has 3 nitrogen and oxygen atoms in total. The molecule has 0 fully saturated rings. The number of benzene rings is 2. The SMILES string of the molecule is CCSc1cc(OCc2ccc(OC)cc2)c2cccc(Cl)c2n1. The van der Waals surface area contributed by atoms with Crippen molar-refractivity contribution in [2.75, 3.05) is 12.9 Å². The fourth-order valence-corrected chi connectivity index (χ4v) is 3.24. The maximum Gasteiger partial charge on any atom is 0.131 e. The summed E-state index contributed by atoms with van der Waals surface area (Å²) in [7, 11) is 1.66. The minimum absolute atomic E-state index is 0.478. The predicted octanol–water partition coefficient (Wildman–Crippen LogP) is 5.59. The van der Waals surface area contributed by atoms with Gasteiger partial charge in [0.15, 0.2) is 0 Å². The van der Waals surface area contributed by atoms with Crippen LogP contribution in [0, 0.1) is 0 Å². The number of aromatic nitrogens is 1. The molecular formula is C19H18ClNO2S. The zero-order chi connectivity index (χ0) is 16.9. The van der Waals surface area contributed by atoms with E-state index in [4.69, 9.17) is 21.1 Å². The summed E-state index contributed by atoms with van der Waals surface area (Å²) in [5.74, 6) is 2.58. The number of hydrogen-bond acceptors (Lipinski definition) is 4. The van der Waals surface area contributed by atoms with Gasteiger partial charge in [-0.25, -0.2) is 4.98 Å². The molecule has 0 saturated carbocycles. The van der Waals surface area contributed by atoms with Crippen LogP contribution in [0.1, 0.15) is 12.5 Å². The van der Waals surface area contributed by atoms with Gasteiger partial charge in [-0.15, -0.1) is 11.8 Å². The van der Waals surface area contributed by atoms with Crippen molar-refractivity contribution >= 4 is 34.3 Å². The lowest BCUT2D eigenvalue weighted by Gasteiger charge is -2.12. The molecular weight excluding hydrogens is 342 g/mol. The summed E-state index contributed by atoms with van der Waals surface area (Å²) in [6, 6.07) is 15.6. The lowest BCUT2D eigenvalue weighted by atomic mass is 10.2. The predicted molar refractivity (Wildman–Crippen MR) is 100 cm³/mol. The Morgan fingerprint density at radius 3 is 2.62 bits per heavy atom. The topological polar surface area (TPSA) is 31.4 Å². The molecule has 0 amide bonds. The number of halogens is 1. The number of fused-ring (bicyclic) bond motifs is 1. The average molecular weight is 360 g/mol. The normalized spacial score (nSPS) is 10.8. The van der Waals surface area contributed by atoms with E-state index in [0.717, 1.165) is 38.7 Å². The third-order valence-electron chi connectivity index (χ3n) is 3.57. The van der Waals surface area contributed by atoms with E-state index < -0.39 is 0 Å². The van der Waals surface area contributed by atoms with Crippen LogP contribution in [0.25, 0.3) is 10.9 Å². The first-order chi connectivity index (χ1) is 11.7. The van der Waals surface area contributed by atoms with Crippen molar-refractivity contribution in [3.8, 4) is 11.5 Å². The molecule has 0 radical (unpaired) electrons. The minimum Gasteiger partial charge on any atom is -0.497 e. The van der Waals surface area contributed by atoms with E-state index in [0.29, 0.717) is 11.6 Å². The minimum atomic E-state index is 0.478. The van der Waals surface area contributed by atoms with E-state index in [2.05, 4.69) is 11.9 Å². The second kappa shape index (κ2) is 7.77. The molecule has 124 valence electrons. The van der Waals surface area contributed by atoms with Crippen molar-refractivity contribution in [1.82, 2.24) is 4.98 Å². The van der Waals surface area contributed by atoms with E-state index in [9.17, 15) is 0 Å². The van der Waals surface area contributed by atoms with E-state index in [1.54, 1.807) is 18.9 Å². The molecule has 0 spiro atoms. The van der Waals surface area contributed by atoms with Crippen molar-refractivity contribution in [3.05, 3.63) is 59.1 Å². The molecule has 3 rings (SSSR count). The zero-order valence-electron chi connectivity index (χ0n) is 13.6. The molecule has 0 aliphatic carbocycles. The van der Waals surface area contributed by atoms with Gasteiger partial charge in [0.05, 0.1) is 17.6 Å². The van der Waals surface area contributed by atoms with Crippen LogP contribution in [0.15, 0.2) is 53.6 Å². The lowest BCUT2D eigenvalue weighted by Crippen LogP contribution is -1.98. The van der Waals surface area contributed by atoms with E-state index >= 15 is 0 Å². The van der Waals surface area contributed by atoms with Crippen LogP contribution >= 0.6 is 23.4 Å². The summed E-state index contributed by atoms with van der Waals surface area (Å²) in [5.41, 5.74) is 1.86. The van der Waals surface area contributed by atoms with Crippen LogP contribution in [0.5, 0.6) is 11.5 Å². The van der Waals surface area contributed by atoms with Crippen LogP contribution in [0.2, 0.25) is 5.02 Å². The van der Waals surface area contributed by atoms with Crippen molar-refractivity contribution < 1.29 is 9.47 Å². The van der Waals surface area contributed by atoms with Crippen LogP contribution in [0.3, 0.4) is 0 Å². The van der Waals surface area contributed by atoms with Crippen LogP contribution in [-0.4, -0.2) is 17.8 Å². The van der Waals surface area contributed by atoms with Crippen molar-refractivity contribution in [3.63, 3.8) is 0 Å². The number of thioether (sulfide) groups is 1. The molecule has 0 atom stereocenters. The summed E-state index contributed by atoms with van der Waals surface area (Å²) in [5, 5.41) is 2.49. The molecule has 3 aromatic rings. The first-order valence-electron chi connectivity index (χ1n) is 7.69. The Hall–Kier alpha value is -1.91. The fourth-order valence-electron chi connectivity index (χ4n) is 2.38. The smallest absolute Gasteiger partial charge is 0.131 e. The zero-order valence-corrected chi connectivity index (χ0v) is 15.2. The third kappa shape index (κ3) is 3.77. The second-order valence-corrected chi connectivity index (χ2v) is 6.86. The van der Waals surface area contributed by atoms with Gasteiger partial charge in [-0.05, 0) is 35.6 Å². The summed E-state index contributed by atoms with van der Waals surface area (Å²) in [6.07, 6.45) is 0. The van der Waals surface area contributed by atoms with Gasteiger partial charge >= 0.3 is 0 Å². The van der Waals surface area contributed by atoms with Gasteiger partial charge in [-0.2, -0.15) is 0 Å². The molecule has 1 heterocycles. The Balaban J connectivity index is 1.90. The highest BCUT2D eigenvalue weighted by atomic mass is 35.5. The van der Waals surface area contributed by atoms with Gasteiger partial charge in [0.2, 0.25) is 0 Å². The lowest BCUT2D eigenvalue weighted by molar-refractivity contribution is 0.308. The quantitative estimate of drug-likeness (QED) is 0.537. The van der Waals surface area contributed by atoms with Gasteiger partial charge in [0, 0.05) is 11.5 Å². The Bertz CT molecular complexity index is 837. The van der Waals surface area contributed by atoms with E-state index in [-0.39, 0.29) is 0 Å². The Kier molecular flexibility index (Phi) is 5.48.